The standard InChI is InChI=1S/2C19H18ClN3O5S.Cr.Na/c2*1-23(8-9-24)29(27,28)14-4-5-15-12(10-14)2-6-18(26)19(15)22-21-16-11-13(20)3-7-17(16)25;;/h2*2-7,10-11,24-26H,8-9H2,1H3;;/q;;;+1. The fraction of sp³-hybridized carbons (Fsp3) is 0.158. The molecule has 0 radical (unpaired) electrons. The molecule has 0 spiro atoms. The van der Waals surface area contributed by atoms with Gasteiger partial charge in [-0.1, -0.05) is 47.5 Å². The van der Waals surface area contributed by atoms with Gasteiger partial charge in [-0.2, -0.15) is 8.61 Å². The van der Waals surface area contributed by atoms with Crippen molar-refractivity contribution in [1.29, 1.82) is 0 Å². The van der Waals surface area contributed by atoms with Crippen LogP contribution in [0.5, 0.6) is 23.0 Å². The summed E-state index contributed by atoms with van der Waals surface area (Å²) in [6.07, 6.45) is 0. The Morgan fingerprint density at radius 3 is 1.22 bits per heavy atom. The summed E-state index contributed by atoms with van der Waals surface area (Å²) in [4.78, 5) is 0.0871. The minimum absolute atomic E-state index is 0. The van der Waals surface area contributed by atoms with E-state index in [2.05, 4.69) is 20.5 Å². The first-order valence-electron chi connectivity index (χ1n) is 16.9. The number of benzene rings is 6. The van der Waals surface area contributed by atoms with E-state index in [1.165, 1.54) is 99.0 Å². The number of nitrogens with zero attached hydrogens (tertiary/aromatic N) is 6. The van der Waals surface area contributed by atoms with Crippen LogP contribution in [0.25, 0.3) is 21.5 Å². The van der Waals surface area contributed by atoms with Crippen LogP contribution >= 0.6 is 23.2 Å². The summed E-state index contributed by atoms with van der Waals surface area (Å²) >= 11 is 11.8. The first kappa shape index (κ1) is 50.4. The molecule has 0 bridgehead atoms. The molecule has 0 aliphatic rings. The van der Waals surface area contributed by atoms with Gasteiger partial charge in [0.05, 0.1) is 23.0 Å². The van der Waals surface area contributed by atoms with Crippen molar-refractivity contribution in [3.63, 3.8) is 0 Å². The molecule has 0 saturated carbocycles. The van der Waals surface area contributed by atoms with E-state index in [1.807, 2.05) is 0 Å². The van der Waals surface area contributed by atoms with Gasteiger partial charge in [-0.05, 0) is 83.6 Å². The molecule has 0 fully saturated rings. The summed E-state index contributed by atoms with van der Waals surface area (Å²) in [6, 6.07) is 23.2. The number of likely N-dealkylation sites (N-methyl/N-ethyl adjacent to an activating group) is 2. The number of halogens is 2. The molecule has 0 aliphatic carbocycles. The largest absolute Gasteiger partial charge is 1.00 e. The maximum Gasteiger partial charge on any atom is 1.00 e. The SMILES string of the molecule is CN(CCO)S(=O)(=O)c1ccc2c(N=Nc3cc(Cl)ccc3O)c(O)ccc2c1.CN(CCO)S(=O)(=O)c1ccc2c(N=Nc3cc(Cl)ccc3O)c(O)ccc2c1.[Cr].[Na+]. The Morgan fingerprint density at radius 2 is 0.867 bits per heavy atom. The van der Waals surface area contributed by atoms with Crippen LogP contribution in [0.2, 0.25) is 10.0 Å². The van der Waals surface area contributed by atoms with Crippen LogP contribution in [-0.4, -0.2) is 96.5 Å². The van der Waals surface area contributed by atoms with E-state index in [0.717, 1.165) is 8.61 Å². The zero-order valence-electron chi connectivity index (χ0n) is 32.0. The van der Waals surface area contributed by atoms with Crippen molar-refractivity contribution in [1.82, 2.24) is 8.61 Å². The van der Waals surface area contributed by atoms with Gasteiger partial charge in [-0.15, -0.1) is 20.5 Å². The summed E-state index contributed by atoms with van der Waals surface area (Å²) in [5.41, 5.74) is 0.488. The molecule has 6 N–H and O–H groups in total. The molecule has 0 saturated heterocycles. The predicted octanol–water partition coefficient (Wildman–Crippen LogP) is 4.87. The molecule has 0 heterocycles. The number of aromatic hydroxyl groups is 4. The third-order valence-electron chi connectivity index (χ3n) is 8.52. The van der Waals surface area contributed by atoms with E-state index in [-0.39, 0.29) is 129 Å². The summed E-state index contributed by atoms with van der Waals surface area (Å²) in [5.74, 6) is -0.567. The van der Waals surface area contributed by atoms with Gasteiger partial charge < -0.3 is 30.6 Å². The second-order valence-corrected chi connectivity index (χ2v) is 17.4. The topological polar surface area (TPSA) is 246 Å². The van der Waals surface area contributed by atoms with Crippen molar-refractivity contribution in [2.24, 2.45) is 20.5 Å². The Bertz CT molecular complexity index is 2600. The third-order valence-corrected chi connectivity index (χ3v) is 12.7. The number of hydrogen-bond donors (Lipinski definition) is 6. The van der Waals surface area contributed by atoms with Crippen molar-refractivity contribution >= 4 is 87.5 Å². The number of rotatable bonds is 12. The van der Waals surface area contributed by atoms with Crippen molar-refractivity contribution in [2.45, 2.75) is 9.79 Å². The second-order valence-electron chi connectivity index (χ2n) is 12.4. The van der Waals surface area contributed by atoms with E-state index in [4.69, 9.17) is 33.4 Å². The van der Waals surface area contributed by atoms with Crippen LogP contribution in [0, 0.1) is 0 Å². The van der Waals surface area contributed by atoms with Gasteiger partial charge in [0, 0.05) is 65.4 Å². The van der Waals surface area contributed by atoms with E-state index in [9.17, 15) is 37.3 Å². The average molecular weight is 947 g/mol. The fourth-order valence-corrected chi connectivity index (χ4v) is 8.06. The first-order chi connectivity index (χ1) is 27.5. The van der Waals surface area contributed by atoms with Crippen molar-refractivity contribution in [3.05, 3.63) is 107 Å². The predicted molar refractivity (Wildman–Crippen MR) is 220 cm³/mol. The summed E-state index contributed by atoms with van der Waals surface area (Å²) in [6.45, 7) is -0.646. The number of aliphatic hydroxyl groups is 2. The van der Waals surface area contributed by atoms with Crippen LogP contribution in [0.3, 0.4) is 0 Å². The molecule has 0 amide bonds. The molecule has 6 rings (SSSR count). The molecule has 16 nitrogen and oxygen atoms in total. The minimum atomic E-state index is -3.77. The minimum Gasteiger partial charge on any atom is -0.506 e. The molecule has 60 heavy (non-hydrogen) atoms. The average Bonchev–Trinajstić information content (AvgIpc) is 3.19. The van der Waals surface area contributed by atoms with Crippen LogP contribution < -0.4 is 29.6 Å². The summed E-state index contributed by atoms with van der Waals surface area (Å²) in [7, 11) is -4.79. The van der Waals surface area contributed by atoms with Crippen LogP contribution in [0.1, 0.15) is 0 Å². The van der Waals surface area contributed by atoms with Gasteiger partial charge in [0.2, 0.25) is 20.0 Å². The zero-order valence-corrected chi connectivity index (χ0v) is 38.5. The molecule has 0 aromatic heterocycles. The maximum atomic E-state index is 12.6. The Morgan fingerprint density at radius 1 is 0.517 bits per heavy atom. The first-order valence-corrected chi connectivity index (χ1v) is 20.6. The Balaban J connectivity index is 0.000000310. The normalized spacial score (nSPS) is 11.9. The summed E-state index contributed by atoms with van der Waals surface area (Å²) < 4.78 is 52.4. The van der Waals surface area contributed by atoms with Crippen LogP contribution in [-0.2, 0) is 37.4 Å². The Labute approximate surface area is 388 Å². The molecular formula is C38H36Cl2CrN6NaO10S2+. The quantitative estimate of drug-likeness (QED) is 0.0718. The fourth-order valence-electron chi connectivity index (χ4n) is 5.33. The number of phenolic OH excluding ortho intramolecular Hbond substituents is 4. The molecule has 0 unspecified atom stereocenters. The van der Waals surface area contributed by atoms with E-state index >= 15 is 0 Å². The molecule has 310 valence electrons. The van der Waals surface area contributed by atoms with Crippen molar-refractivity contribution in [3.8, 4) is 23.0 Å². The smallest absolute Gasteiger partial charge is 0.506 e. The molecule has 0 atom stereocenters. The van der Waals surface area contributed by atoms with Gasteiger partial charge in [0.1, 0.15) is 45.7 Å². The zero-order chi connectivity index (χ0) is 42.4. The van der Waals surface area contributed by atoms with Gasteiger partial charge in [-0.25, -0.2) is 16.8 Å². The van der Waals surface area contributed by atoms with E-state index < -0.39 is 20.0 Å². The Hall–Kier alpha value is -3.91. The molecule has 6 aromatic rings. The number of phenols is 4. The number of hydrogen-bond acceptors (Lipinski definition) is 14. The molecular weight excluding hydrogens is 910 g/mol. The third kappa shape index (κ3) is 11.7. The van der Waals surface area contributed by atoms with Crippen molar-refractivity contribution < 1.29 is 94.4 Å². The summed E-state index contributed by atoms with van der Waals surface area (Å²) in [5, 5.41) is 76.7. The number of fused-ring (bicyclic) bond motifs is 2. The molecule has 22 heteroatoms. The number of azo groups is 2. The van der Waals surface area contributed by atoms with Gasteiger partial charge in [0.15, 0.2) is 0 Å². The monoisotopic (exact) mass is 945 g/mol. The molecule has 0 aliphatic heterocycles. The van der Waals surface area contributed by atoms with Crippen LogP contribution in [0.4, 0.5) is 22.7 Å². The van der Waals surface area contributed by atoms with Gasteiger partial charge >= 0.3 is 29.6 Å². The van der Waals surface area contributed by atoms with Gasteiger partial charge in [-0.3, -0.25) is 0 Å². The number of aliphatic hydroxyl groups excluding tert-OH is 2. The second kappa shape index (κ2) is 21.7. The van der Waals surface area contributed by atoms with Crippen LogP contribution in [0.15, 0.2) is 127 Å². The molecule has 6 aromatic carbocycles. The van der Waals surface area contributed by atoms with E-state index in [1.54, 1.807) is 12.1 Å². The maximum absolute atomic E-state index is 12.6. The van der Waals surface area contributed by atoms with Gasteiger partial charge in [0.25, 0.3) is 0 Å². The Kier molecular flexibility index (Phi) is 18.3. The number of sulfonamides is 2. The van der Waals surface area contributed by atoms with Crippen molar-refractivity contribution in [2.75, 3.05) is 40.4 Å². The van der Waals surface area contributed by atoms with E-state index in [0.29, 0.717) is 31.6 Å².